The first-order valence-corrected chi connectivity index (χ1v) is 4.54. The van der Waals surface area contributed by atoms with E-state index in [-0.39, 0.29) is 171 Å². The van der Waals surface area contributed by atoms with E-state index >= 15 is 0 Å². The maximum Gasteiger partial charge on any atom is 1.00 e. The van der Waals surface area contributed by atoms with Gasteiger partial charge in [-0.1, -0.05) is 0 Å². The van der Waals surface area contributed by atoms with E-state index in [1.54, 1.807) is 0 Å². The summed E-state index contributed by atoms with van der Waals surface area (Å²) in [5, 5.41) is 0. The van der Waals surface area contributed by atoms with Crippen LogP contribution in [0.15, 0.2) is 0 Å². The van der Waals surface area contributed by atoms with Crippen molar-refractivity contribution in [1.29, 1.82) is 0 Å². The van der Waals surface area contributed by atoms with Gasteiger partial charge in [0.25, 0.3) is 7.82 Å². The van der Waals surface area contributed by atoms with Gasteiger partial charge in [0.15, 0.2) is 0 Å². The van der Waals surface area contributed by atoms with Crippen molar-refractivity contribution in [2.75, 3.05) is 0 Å². The van der Waals surface area contributed by atoms with Gasteiger partial charge < -0.3 is 50.4 Å². The zero-order valence-corrected chi connectivity index (χ0v) is 19.9. The molecular weight excluding hydrogens is 355 g/mol. The third-order valence-electron chi connectivity index (χ3n) is 0. The first-order valence-electron chi connectivity index (χ1n) is 1.51. The molecule has 0 aromatic carbocycles. The Hall–Kier alpha value is 5.01. The summed E-state index contributed by atoms with van der Waals surface area (Å²) >= 11 is 0. The fourth-order valence-corrected chi connectivity index (χ4v) is 0. The molecular formula is H9K3O11P2. The Morgan fingerprint density at radius 2 is 0.688 bits per heavy atom. The van der Waals surface area contributed by atoms with Crippen molar-refractivity contribution in [3.05, 3.63) is 0 Å². The van der Waals surface area contributed by atoms with Gasteiger partial charge in [-0.05, 0) is 0 Å². The number of hydrogen-bond acceptors (Lipinski definition) is 5. The van der Waals surface area contributed by atoms with Crippen molar-refractivity contribution in [3.8, 4) is 0 Å². The monoisotopic (exact) mass is 364 g/mol. The first-order chi connectivity index (χ1) is 4.00. The molecule has 9 N–H and O–H groups in total. The zero-order valence-electron chi connectivity index (χ0n) is 8.78. The van der Waals surface area contributed by atoms with Crippen LogP contribution in [0.3, 0.4) is 0 Å². The van der Waals surface area contributed by atoms with Crippen LogP contribution in [0.1, 0.15) is 0 Å². The fraction of sp³-hybridized carbons (Fsp3) is 0. The molecule has 0 heterocycles. The molecule has 0 aliphatic carbocycles. The van der Waals surface area contributed by atoms with Crippen molar-refractivity contribution < 1.29 is 209 Å². The summed E-state index contributed by atoms with van der Waals surface area (Å²) < 4.78 is 17.4. The average Bonchev–Trinajstić information content (AvgIpc) is 1.12. The van der Waals surface area contributed by atoms with Gasteiger partial charge in [-0.2, -0.15) is 0 Å². The molecule has 0 aromatic heterocycles. The van der Waals surface area contributed by atoms with E-state index in [4.69, 9.17) is 38.5 Å². The third kappa shape index (κ3) is 246. The Bertz CT molecular complexity index is 132. The maximum absolute atomic E-state index is 8.77. The normalized spacial score (nSPS) is 7.38. The van der Waals surface area contributed by atoms with Gasteiger partial charge in [0, 0.05) is 0 Å². The van der Waals surface area contributed by atoms with Gasteiger partial charge in [0.2, 0.25) is 0 Å². The molecule has 11 nitrogen and oxygen atoms in total. The molecule has 0 amide bonds. The topological polar surface area (TPSA) is 259 Å². The van der Waals surface area contributed by atoms with Crippen LogP contribution in [-0.4, -0.2) is 31.1 Å². The fourth-order valence-electron chi connectivity index (χ4n) is 0. The van der Waals surface area contributed by atoms with Gasteiger partial charge in [0.1, 0.15) is 0 Å². The molecule has 0 radical (unpaired) electrons. The SMILES string of the molecule is O.O.O.O=P([O-])(O)O.O=P([O-])([O-])O.[K+].[K+].[K+]. The smallest absolute Gasteiger partial charge is 0.790 e. The van der Waals surface area contributed by atoms with Gasteiger partial charge in [-0.3, -0.25) is 4.57 Å². The van der Waals surface area contributed by atoms with E-state index in [0.29, 0.717) is 0 Å². The van der Waals surface area contributed by atoms with Crippen LogP contribution >= 0.6 is 15.6 Å². The molecule has 0 aliphatic rings. The minimum Gasteiger partial charge on any atom is -0.790 e. The summed E-state index contributed by atoms with van der Waals surface area (Å²) in [7, 11) is -10.0. The summed E-state index contributed by atoms with van der Waals surface area (Å²) in [5.41, 5.74) is 0. The molecule has 0 aromatic rings. The van der Waals surface area contributed by atoms with E-state index in [1.165, 1.54) is 0 Å². The van der Waals surface area contributed by atoms with Crippen LogP contribution in [0.25, 0.3) is 0 Å². The van der Waals surface area contributed by atoms with Gasteiger partial charge in [0.05, 0.1) is 7.82 Å². The predicted molar refractivity (Wildman–Crippen MR) is 32.7 cm³/mol. The molecule has 0 atom stereocenters. The number of phosphoric acid groups is 2. The van der Waals surface area contributed by atoms with E-state index in [9.17, 15) is 0 Å². The molecule has 0 aliphatic heterocycles. The Kier molecular flexibility index (Phi) is 77.6. The van der Waals surface area contributed by atoms with Crippen molar-refractivity contribution in [2.45, 2.75) is 0 Å². The predicted octanol–water partition coefficient (Wildman–Crippen LogP) is -15.2. The van der Waals surface area contributed by atoms with Crippen molar-refractivity contribution >= 4 is 15.6 Å². The Morgan fingerprint density at radius 1 is 0.688 bits per heavy atom. The summed E-state index contributed by atoms with van der Waals surface area (Å²) in [4.78, 5) is 47.2. The van der Waals surface area contributed by atoms with Gasteiger partial charge in [-0.15, -0.1) is 0 Å². The van der Waals surface area contributed by atoms with E-state index in [0.717, 1.165) is 0 Å². The van der Waals surface area contributed by atoms with Crippen molar-refractivity contribution in [2.24, 2.45) is 0 Å². The van der Waals surface area contributed by atoms with Gasteiger partial charge >= 0.3 is 154 Å². The molecule has 0 unspecified atom stereocenters. The molecule has 16 heteroatoms. The van der Waals surface area contributed by atoms with Gasteiger partial charge in [-0.25, -0.2) is 0 Å². The van der Waals surface area contributed by atoms with Crippen LogP contribution in [0.5, 0.6) is 0 Å². The Balaban J connectivity index is -0.00000000970. The second kappa shape index (κ2) is 25.0. The Morgan fingerprint density at radius 3 is 0.688 bits per heavy atom. The first kappa shape index (κ1) is 49.7. The molecule has 16 heavy (non-hydrogen) atoms. The molecule has 0 saturated heterocycles. The summed E-state index contributed by atoms with van der Waals surface area (Å²) in [5.74, 6) is 0. The van der Waals surface area contributed by atoms with Crippen LogP contribution in [0.4, 0.5) is 0 Å². The quantitative estimate of drug-likeness (QED) is 0.273. The minimum atomic E-state index is -5.14. The summed E-state index contributed by atoms with van der Waals surface area (Å²) in [6, 6.07) is 0. The van der Waals surface area contributed by atoms with E-state index < -0.39 is 15.6 Å². The third-order valence-corrected chi connectivity index (χ3v) is 0. The molecule has 0 rings (SSSR count). The molecule has 0 spiro atoms. The van der Waals surface area contributed by atoms with Crippen molar-refractivity contribution in [1.82, 2.24) is 0 Å². The number of hydrogen-bond donors (Lipinski definition) is 3. The standard InChI is InChI=1S/3K.2H3O4P.3H2O/c;;;2*1-5(2,3)4;;;/h;;;2*(H3,1,2,3,4);3*1H2/q3*+1;;;;;/p-3. The van der Waals surface area contributed by atoms with Crippen LogP contribution in [-0.2, 0) is 9.13 Å². The summed E-state index contributed by atoms with van der Waals surface area (Å²) in [6.07, 6.45) is 0. The second-order valence-corrected chi connectivity index (χ2v) is 2.88. The second-order valence-electron chi connectivity index (χ2n) is 0.959. The maximum atomic E-state index is 8.77. The van der Waals surface area contributed by atoms with E-state index in [2.05, 4.69) is 0 Å². The zero-order chi connectivity index (χ0) is 9.00. The largest absolute Gasteiger partial charge is 1.00 e. The molecule has 88 valence electrons. The van der Waals surface area contributed by atoms with Crippen LogP contribution < -0.4 is 169 Å². The molecule has 0 fully saturated rings. The Labute approximate surface area is 218 Å². The van der Waals surface area contributed by atoms with Crippen LogP contribution in [0, 0.1) is 0 Å². The molecule has 0 bridgehead atoms. The molecule has 0 saturated carbocycles. The summed E-state index contributed by atoms with van der Waals surface area (Å²) in [6.45, 7) is 0. The average molecular weight is 364 g/mol. The van der Waals surface area contributed by atoms with Crippen LogP contribution in [0.2, 0.25) is 0 Å². The minimum absolute atomic E-state index is 0. The van der Waals surface area contributed by atoms with E-state index in [1.807, 2.05) is 0 Å². The number of rotatable bonds is 0. The van der Waals surface area contributed by atoms with Crippen molar-refractivity contribution in [3.63, 3.8) is 0 Å².